The standard InChI is InChI=1S/C46H28N2O/c1-2-12-29(13-3-1)33-16-8-9-19-36(33)42-28-41(32-23-25-44-40(27-32)37-20-10-11-21-43(37)49-44)47-46(48-42)45-35-18-7-5-15-31(35)26-39-34-17-6-4-14-30(34)22-24-38(39)45/h1-28H. The Morgan fingerprint density at radius 1 is 0.347 bits per heavy atom. The van der Waals surface area contributed by atoms with Crippen LogP contribution in [0.25, 0.3) is 99.3 Å². The highest BCUT2D eigenvalue weighted by Crippen LogP contribution is 2.41. The van der Waals surface area contributed by atoms with E-state index in [1.807, 2.05) is 12.1 Å². The molecular weight excluding hydrogens is 597 g/mol. The second kappa shape index (κ2) is 11.0. The van der Waals surface area contributed by atoms with E-state index in [1.54, 1.807) is 0 Å². The first-order valence-corrected chi connectivity index (χ1v) is 16.6. The highest BCUT2D eigenvalue weighted by atomic mass is 16.3. The van der Waals surface area contributed by atoms with Gasteiger partial charge in [-0.05, 0) is 79.8 Å². The maximum Gasteiger partial charge on any atom is 0.161 e. The number of para-hydroxylation sites is 1. The van der Waals surface area contributed by atoms with Gasteiger partial charge in [0.25, 0.3) is 0 Å². The zero-order chi connectivity index (χ0) is 32.3. The van der Waals surface area contributed by atoms with E-state index in [0.717, 1.165) is 77.3 Å². The van der Waals surface area contributed by atoms with Crippen molar-refractivity contribution in [3.8, 4) is 45.0 Å². The maximum absolute atomic E-state index is 6.19. The third-order valence-corrected chi connectivity index (χ3v) is 9.68. The molecule has 0 unspecified atom stereocenters. The van der Waals surface area contributed by atoms with E-state index in [0.29, 0.717) is 5.82 Å². The molecule has 0 saturated heterocycles. The number of hydrogen-bond donors (Lipinski definition) is 0. The minimum atomic E-state index is 0.699. The molecular formula is C46H28N2O. The summed E-state index contributed by atoms with van der Waals surface area (Å²) in [5, 5.41) is 9.20. The third kappa shape index (κ3) is 4.51. The van der Waals surface area contributed by atoms with Crippen LogP contribution in [-0.4, -0.2) is 9.97 Å². The molecule has 0 spiro atoms. The van der Waals surface area contributed by atoms with Crippen LogP contribution < -0.4 is 0 Å². The van der Waals surface area contributed by atoms with E-state index in [-0.39, 0.29) is 0 Å². The van der Waals surface area contributed by atoms with Gasteiger partial charge in [-0.25, -0.2) is 9.97 Å². The number of rotatable bonds is 4. The van der Waals surface area contributed by atoms with Gasteiger partial charge in [-0.2, -0.15) is 0 Å². The van der Waals surface area contributed by atoms with Crippen LogP contribution in [0.15, 0.2) is 174 Å². The first-order valence-electron chi connectivity index (χ1n) is 16.6. The second-order valence-corrected chi connectivity index (χ2v) is 12.5. The Balaban J connectivity index is 1.30. The summed E-state index contributed by atoms with van der Waals surface area (Å²) in [5.74, 6) is 0.699. The molecule has 0 N–H and O–H groups in total. The predicted molar refractivity (Wildman–Crippen MR) is 204 cm³/mol. The van der Waals surface area contributed by atoms with Crippen molar-refractivity contribution in [3.63, 3.8) is 0 Å². The van der Waals surface area contributed by atoms with Crippen molar-refractivity contribution in [2.45, 2.75) is 0 Å². The average Bonchev–Trinajstić information content (AvgIpc) is 3.55. The van der Waals surface area contributed by atoms with Gasteiger partial charge in [-0.3, -0.25) is 0 Å². The minimum absolute atomic E-state index is 0.699. The average molecular weight is 625 g/mol. The first-order chi connectivity index (χ1) is 24.3. The molecule has 3 nitrogen and oxygen atoms in total. The van der Waals surface area contributed by atoms with Gasteiger partial charge < -0.3 is 4.42 Å². The van der Waals surface area contributed by atoms with Gasteiger partial charge in [0.1, 0.15) is 11.2 Å². The highest BCUT2D eigenvalue weighted by Gasteiger charge is 2.19. The summed E-state index contributed by atoms with van der Waals surface area (Å²) in [4.78, 5) is 10.9. The SMILES string of the molecule is c1ccc(-c2ccccc2-c2cc(-c3ccc4oc5ccccc5c4c3)nc(-c3c4ccccc4cc4c3ccc3ccccc34)n2)cc1. The van der Waals surface area contributed by atoms with E-state index in [1.165, 1.54) is 16.2 Å². The van der Waals surface area contributed by atoms with Crippen molar-refractivity contribution >= 4 is 54.3 Å². The van der Waals surface area contributed by atoms with E-state index < -0.39 is 0 Å². The van der Waals surface area contributed by atoms with Gasteiger partial charge in [-0.1, -0.05) is 133 Å². The molecule has 0 saturated carbocycles. The molecule has 0 bridgehead atoms. The van der Waals surface area contributed by atoms with Crippen molar-refractivity contribution in [2.75, 3.05) is 0 Å². The van der Waals surface area contributed by atoms with Crippen molar-refractivity contribution in [2.24, 2.45) is 0 Å². The lowest BCUT2D eigenvalue weighted by Crippen LogP contribution is -1.98. The normalized spacial score (nSPS) is 11.7. The van der Waals surface area contributed by atoms with Crippen LogP contribution in [-0.2, 0) is 0 Å². The van der Waals surface area contributed by atoms with Crippen LogP contribution >= 0.6 is 0 Å². The molecule has 228 valence electrons. The van der Waals surface area contributed by atoms with Crippen LogP contribution in [0.3, 0.4) is 0 Å². The molecule has 0 aliphatic carbocycles. The molecule has 8 aromatic carbocycles. The fourth-order valence-corrected chi connectivity index (χ4v) is 7.37. The lowest BCUT2D eigenvalue weighted by molar-refractivity contribution is 0.669. The van der Waals surface area contributed by atoms with Gasteiger partial charge in [0.05, 0.1) is 11.4 Å². The molecule has 0 amide bonds. The first kappa shape index (κ1) is 27.5. The van der Waals surface area contributed by atoms with Crippen LogP contribution in [0.4, 0.5) is 0 Å². The fourth-order valence-electron chi connectivity index (χ4n) is 7.37. The predicted octanol–water partition coefficient (Wildman–Crippen LogP) is 12.5. The number of furan rings is 1. The molecule has 0 aliphatic heterocycles. The number of fused-ring (bicyclic) bond motifs is 7. The van der Waals surface area contributed by atoms with Crippen molar-refractivity contribution < 1.29 is 4.42 Å². The largest absolute Gasteiger partial charge is 0.456 e. The molecule has 10 rings (SSSR count). The summed E-state index contributed by atoms with van der Waals surface area (Å²) in [6, 6.07) is 59.7. The minimum Gasteiger partial charge on any atom is -0.456 e. The van der Waals surface area contributed by atoms with Gasteiger partial charge in [-0.15, -0.1) is 0 Å². The quantitative estimate of drug-likeness (QED) is 0.144. The van der Waals surface area contributed by atoms with Crippen LogP contribution in [0.5, 0.6) is 0 Å². The number of aromatic nitrogens is 2. The molecule has 10 aromatic rings. The molecule has 0 radical (unpaired) electrons. The summed E-state index contributed by atoms with van der Waals surface area (Å²) in [5.41, 5.74) is 8.85. The summed E-state index contributed by atoms with van der Waals surface area (Å²) >= 11 is 0. The Morgan fingerprint density at radius 2 is 1.02 bits per heavy atom. The van der Waals surface area contributed by atoms with E-state index in [4.69, 9.17) is 14.4 Å². The van der Waals surface area contributed by atoms with E-state index >= 15 is 0 Å². The van der Waals surface area contributed by atoms with E-state index in [2.05, 4.69) is 158 Å². The monoisotopic (exact) mass is 624 g/mol. The van der Waals surface area contributed by atoms with E-state index in [9.17, 15) is 0 Å². The molecule has 0 aliphatic rings. The maximum atomic E-state index is 6.19. The Kier molecular flexibility index (Phi) is 6.18. The Morgan fingerprint density at radius 3 is 1.90 bits per heavy atom. The summed E-state index contributed by atoms with van der Waals surface area (Å²) < 4.78 is 6.19. The summed E-state index contributed by atoms with van der Waals surface area (Å²) in [6.45, 7) is 0. The lowest BCUT2D eigenvalue weighted by Gasteiger charge is -2.16. The number of hydrogen-bond acceptors (Lipinski definition) is 3. The van der Waals surface area contributed by atoms with Gasteiger partial charge in [0, 0.05) is 27.5 Å². The second-order valence-electron chi connectivity index (χ2n) is 12.5. The Bertz CT molecular complexity index is 2890. The zero-order valence-electron chi connectivity index (χ0n) is 26.5. The van der Waals surface area contributed by atoms with Crippen LogP contribution in [0.2, 0.25) is 0 Å². The zero-order valence-corrected chi connectivity index (χ0v) is 26.5. The van der Waals surface area contributed by atoms with Gasteiger partial charge in [0.15, 0.2) is 5.82 Å². The number of benzene rings is 8. The molecule has 49 heavy (non-hydrogen) atoms. The van der Waals surface area contributed by atoms with Crippen LogP contribution in [0, 0.1) is 0 Å². The third-order valence-electron chi connectivity index (χ3n) is 9.68. The molecule has 2 aromatic heterocycles. The van der Waals surface area contributed by atoms with Crippen molar-refractivity contribution in [3.05, 3.63) is 170 Å². The Hall–Kier alpha value is -6.58. The number of nitrogens with zero attached hydrogens (tertiary/aromatic N) is 2. The molecule has 2 heterocycles. The lowest BCUT2D eigenvalue weighted by atomic mass is 9.92. The summed E-state index contributed by atoms with van der Waals surface area (Å²) in [6.07, 6.45) is 0. The molecule has 0 atom stereocenters. The van der Waals surface area contributed by atoms with Crippen molar-refractivity contribution in [1.29, 1.82) is 0 Å². The van der Waals surface area contributed by atoms with Crippen molar-refractivity contribution in [1.82, 2.24) is 9.97 Å². The molecule has 3 heteroatoms. The highest BCUT2D eigenvalue weighted by molar-refractivity contribution is 6.19. The molecule has 0 fully saturated rings. The van der Waals surface area contributed by atoms with Crippen LogP contribution in [0.1, 0.15) is 0 Å². The smallest absolute Gasteiger partial charge is 0.161 e. The summed E-state index contributed by atoms with van der Waals surface area (Å²) in [7, 11) is 0. The fraction of sp³-hybridized carbons (Fsp3) is 0. The van der Waals surface area contributed by atoms with Gasteiger partial charge >= 0.3 is 0 Å². The van der Waals surface area contributed by atoms with Gasteiger partial charge in [0.2, 0.25) is 0 Å². The topological polar surface area (TPSA) is 38.9 Å². The Labute approximate surface area is 282 Å².